The van der Waals surface area contributed by atoms with E-state index < -0.39 is 6.10 Å². The van der Waals surface area contributed by atoms with E-state index in [0.717, 1.165) is 18.4 Å². The Morgan fingerprint density at radius 1 is 1.18 bits per heavy atom. The average Bonchev–Trinajstić information content (AvgIpc) is 3.19. The van der Waals surface area contributed by atoms with Crippen LogP contribution in [-0.4, -0.2) is 44.8 Å². The first-order chi connectivity index (χ1) is 13.5. The molecule has 0 saturated carbocycles. The lowest BCUT2D eigenvalue weighted by Crippen LogP contribution is -2.30. The number of ether oxygens (including phenoxy) is 4. The lowest BCUT2D eigenvalue weighted by molar-refractivity contribution is -0.132. The fourth-order valence-corrected chi connectivity index (χ4v) is 3.47. The Labute approximate surface area is 165 Å². The summed E-state index contributed by atoms with van der Waals surface area (Å²) >= 11 is 0. The quantitative estimate of drug-likeness (QED) is 0.662. The molecule has 1 heterocycles. The summed E-state index contributed by atoms with van der Waals surface area (Å²) in [6.45, 7) is 4.60. The van der Waals surface area contributed by atoms with Crippen molar-refractivity contribution in [1.29, 1.82) is 0 Å². The van der Waals surface area contributed by atoms with Crippen molar-refractivity contribution in [3.8, 4) is 11.5 Å². The van der Waals surface area contributed by atoms with Gasteiger partial charge in [-0.25, -0.2) is 0 Å². The highest BCUT2D eigenvalue weighted by atomic mass is 16.7. The molecule has 0 N–H and O–H groups in total. The number of benzene rings is 1. The normalized spacial score (nSPS) is 19.7. The molecule has 1 aliphatic heterocycles. The van der Waals surface area contributed by atoms with Crippen molar-refractivity contribution in [3.05, 3.63) is 46.6 Å². The predicted octanol–water partition coefficient (Wildman–Crippen LogP) is 3.89. The number of carbonyl (C=O) groups is 2. The molecule has 3 rings (SSSR count). The topological polar surface area (TPSA) is 71.1 Å². The third-order valence-electron chi connectivity index (χ3n) is 4.88. The van der Waals surface area contributed by atoms with Gasteiger partial charge in [-0.2, -0.15) is 0 Å². The van der Waals surface area contributed by atoms with E-state index in [1.54, 1.807) is 12.1 Å². The maximum Gasteiger partial charge on any atom is 0.196 e. The molecule has 0 bridgehead atoms. The Balaban J connectivity index is 2.02. The highest BCUT2D eigenvalue weighted by Gasteiger charge is 2.36. The standard InChI is InChI=1S/C22H26O6/c1-13(2)7-8-16(28-19-6-5-11-27-19)14-12-15(23)20-17(25-3)9-10-18(26-4)21(20)22(14)24/h7,9-10,12,16,19H,5-6,8,11H2,1-4H3/t16-,19?/m1/s1. The highest BCUT2D eigenvalue weighted by molar-refractivity contribution is 6.27. The second kappa shape index (κ2) is 8.71. The van der Waals surface area contributed by atoms with Crippen LogP contribution in [0.5, 0.6) is 11.5 Å². The van der Waals surface area contributed by atoms with E-state index in [-0.39, 0.29) is 29.0 Å². The number of allylic oxidation sites excluding steroid dienone is 2. The number of Topliss-reactive ketones (excluding diaryl/α,β-unsaturated/α-hetero) is 1. The maximum absolute atomic E-state index is 13.4. The molecule has 1 saturated heterocycles. The van der Waals surface area contributed by atoms with E-state index in [9.17, 15) is 9.59 Å². The molecule has 6 heteroatoms. The third kappa shape index (κ3) is 4.03. The largest absolute Gasteiger partial charge is 0.496 e. The van der Waals surface area contributed by atoms with E-state index in [4.69, 9.17) is 18.9 Å². The van der Waals surface area contributed by atoms with Gasteiger partial charge in [0, 0.05) is 18.6 Å². The Morgan fingerprint density at radius 2 is 1.86 bits per heavy atom. The number of hydrogen-bond acceptors (Lipinski definition) is 6. The van der Waals surface area contributed by atoms with Crippen LogP contribution in [0, 0.1) is 0 Å². The molecule has 1 unspecified atom stereocenters. The number of ketones is 2. The van der Waals surface area contributed by atoms with Crippen LogP contribution in [0.2, 0.25) is 0 Å². The molecule has 1 fully saturated rings. The van der Waals surface area contributed by atoms with Gasteiger partial charge in [-0.3, -0.25) is 9.59 Å². The first-order valence-electron chi connectivity index (χ1n) is 9.42. The number of rotatable bonds is 7. The van der Waals surface area contributed by atoms with Crippen LogP contribution in [-0.2, 0) is 9.47 Å². The van der Waals surface area contributed by atoms with Gasteiger partial charge in [-0.15, -0.1) is 0 Å². The maximum atomic E-state index is 13.4. The zero-order valence-electron chi connectivity index (χ0n) is 16.7. The van der Waals surface area contributed by atoms with Gasteiger partial charge >= 0.3 is 0 Å². The lowest BCUT2D eigenvalue weighted by Gasteiger charge is -2.26. The van der Waals surface area contributed by atoms with Gasteiger partial charge in [-0.1, -0.05) is 11.6 Å². The summed E-state index contributed by atoms with van der Waals surface area (Å²) in [7, 11) is 2.94. The molecule has 0 amide bonds. The van der Waals surface area contributed by atoms with Gasteiger partial charge in [0.2, 0.25) is 0 Å². The van der Waals surface area contributed by atoms with Gasteiger partial charge in [-0.05, 0) is 44.9 Å². The van der Waals surface area contributed by atoms with Gasteiger partial charge in [0.05, 0.1) is 31.5 Å². The summed E-state index contributed by atoms with van der Waals surface area (Å²) in [5, 5.41) is 0. The molecule has 150 valence electrons. The summed E-state index contributed by atoms with van der Waals surface area (Å²) in [6.07, 6.45) is 4.59. The Hall–Kier alpha value is -2.44. The smallest absolute Gasteiger partial charge is 0.196 e. The van der Waals surface area contributed by atoms with Gasteiger partial charge < -0.3 is 18.9 Å². The number of methoxy groups -OCH3 is 2. The van der Waals surface area contributed by atoms with Crippen molar-refractivity contribution in [2.24, 2.45) is 0 Å². The van der Waals surface area contributed by atoms with Crippen molar-refractivity contribution in [2.45, 2.75) is 45.5 Å². The van der Waals surface area contributed by atoms with Crippen LogP contribution in [0.25, 0.3) is 0 Å². The van der Waals surface area contributed by atoms with E-state index in [2.05, 4.69) is 0 Å². The first-order valence-corrected chi connectivity index (χ1v) is 9.42. The molecule has 0 spiro atoms. The first kappa shape index (κ1) is 20.3. The van der Waals surface area contributed by atoms with Crippen molar-refractivity contribution < 1.29 is 28.5 Å². The molecule has 1 aliphatic carbocycles. The SMILES string of the molecule is COc1ccc(OC)c2c1C(=O)C=C([C@@H](CC=C(C)C)OC1CCCO1)C2=O. The lowest BCUT2D eigenvalue weighted by atomic mass is 9.85. The fraction of sp³-hybridized carbons (Fsp3) is 0.455. The molecule has 28 heavy (non-hydrogen) atoms. The Morgan fingerprint density at radius 3 is 2.43 bits per heavy atom. The van der Waals surface area contributed by atoms with E-state index in [1.807, 2.05) is 19.9 Å². The van der Waals surface area contributed by atoms with Gasteiger partial charge in [0.1, 0.15) is 11.5 Å². The van der Waals surface area contributed by atoms with Crippen molar-refractivity contribution in [3.63, 3.8) is 0 Å². The molecule has 2 atom stereocenters. The molecular formula is C22H26O6. The predicted molar refractivity (Wildman–Crippen MR) is 104 cm³/mol. The van der Waals surface area contributed by atoms with Gasteiger partial charge in [0.25, 0.3) is 0 Å². The second-order valence-corrected chi connectivity index (χ2v) is 7.10. The van der Waals surface area contributed by atoms with Crippen LogP contribution < -0.4 is 9.47 Å². The summed E-state index contributed by atoms with van der Waals surface area (Å²) < 4.78 is 22.3. The molecule has 0 aromatic heterocycles. The van der Waals surface area contributed by atoms with Gasteiger partial charge in [0.15, 0.2) is 17.9 Å². The summed E-state index contributed by atoms with van der Waals surface area (Å²) in [6, 6.07) is 3.27. The summed E-state index contributed by atoms with van der Waals surface area (Å²) in [5.74, 6) is 0.122. The summed E-state index contributed by atoms with van der Waals surface area (Å²) in [5.41, 5.74) is 1.88. The minimum absolute atomic E-state index is 0.225. The molecule has 1 aromatic carbocycles. The van der Waals surface area contributed by atoms with Crippen LogP contribution in [0.15, 0.2) is 35.4 Å². The Bertz CT molecular complexity index is 826. The minimum atomic E-state index is -0.571. The zero-order chi connectivity index (χ0) is 20.3. The summed E-state index contributed by atoms with van der Waals surface area (Å²) in [4.78, 5) is 26.3. The van der Waals surface area contributed by atoms with Crippen LogP contribution in [0.1, 0.15) is 53.8 Å². The minimum Gasteiger partial charge on any atom is -0.496 e. The molecule has 6 nitrogen and oxygen atoms in total. The molecule has 2 aliphatic rings. The highest BCUT2D eigenvalue weighted by Crippen LogP contribution is 2.37. The second-order valence-electron chi connectivity index (χ2n) is 7.10. The van der Waals surface area contributed by atoms with Crippen LogP contribution in [0.3, 0.4) is 0 Å². The number of hydrogen-bond donors (Lipinski definition) is 0. The molecule has 0 radical (unpaired) electrons. The number of fused-ring (bicyclic) bond motifs is 1. The third-order valence-corrected chi connectivity index (χ3v) is 4.88. The van der Waals surface area contributed by atoms with E-state index >= 15 is 0 Å². The molecular weight excluding hydrogens is 360 g/mol. The Kier molecular flexibility index (Phi) is 6.31. The van der Waals surface area contributed by atoms with Crippen molar-refractivity contribution in [1.82, 2.24) is 0 Å². The van der Waals surface area contributed by atoms with E-state index in [1.165, 1.54) is 20.3 Å². The molecule has 1 aromatic rings. The van der Waals surface area contributed by atoms with Crippen molar-refractivity contribution in [2.75, 3.05) is 20.8 Å². The number of carbonyl (C=O) groups excluding carboxylic acids is 2. The monoisotopic (exact) mass is 386 g/mol. The fourth-order valence-electron chi connectivity index (χ4n) is 3.47. The average molecular weight is 386 g/mol. The zero-order valence-corrected chi connectivity index (χ0v) is 16.7. The van der Waals surface area contributed by atoms with E-state index in [0.29, 0.717) is 30.1 Å². The van der Waals surface area contributed by atoms with Crippen LogP contribution >= 0.6 is 0 Å². The van der Waals surface area contributed by atoms with Crippen LogP contribution in [0.4, 0.5) is 0 Å². The van der Waals surface area contributed by atoms with Crippen molar-refractivity contribution >= 4 is 11.6 Å².